The van der Waals surface area contributed by atoms with E-state index in [1.807, 2.05) is 17.0 Å². The molecule has 2 N–H and O–H groups in total. The Balaban J connectivity index is 1.48. The third-order valence-electron chi connectivity index (χ3n) is 4.95. The van der Waals surface area contributed by atoms with Gasteiger partial charge in [-0.25, -0.2) is 0 Å². The zero-order valence-corrected chi connectivity index (χ0v) is 18.8. The largest absolute Gasteiger partial charge is 0.483 e. The molecule has 0 saturated carbocycles. The molecule has 2 aromatic carbocycles. The Morgan fingerprint density at radius 1 is 0.968 bits per heavy atom. The molecule has 2 aromatic rings. The lowest BCUT2D eigenvalue weighted by Gasteiger charge is -2.26. The highest BCUT2D eigenvalue weighted by atomic mass is 79.9. The van der Waals surface area contributed by atoms with Crippen molar-refractivity contribution in [1.82, 2.24) is 10.2 Å². The van der Waals surface area contributed by atoms with E-state index in [0.29, 0.717) is 17.0 Å². The summed E-state index contributed by atoms with van der Waals surface area (Å²) in [7, 11) is 0. The summed E-state index contributed by atoms with van der Waals surface area (Å²) in [4.78, 5) is 38.8. The van der Waals surface area contributed by atoms with Crippen molar-refractivity contribution in [2.45, 2.75) is 25.7 Å². The molecule has 0 unspecified atom stereocenters. The number of halogens is 1. The van der Waals surface area contributed by atoms with Gasteiger partial charge in [0, 0.05) is 36.2 Å². The van der Waals surface area contributed by atoms with Crippen molar-refractivity contribution >= 4 is 39.3 Å². The van der Waals surface area contributed by atoms with Crippen molar-refractivity contribution in [2.75, 3.05) is 31.6 Å². The number of ether oxygens (including phenoxy) is 1. The number of hydrogen-bond acceptors (Lipinski definition) is 4. The van der Waals surface area contributed by atoms with Gasteiger partial charge in [-0.2, -0.15) is 0 Å². The maximum Gasteiger partial charge on any atom is 0.262 e. The number of hydrogen-bond donors (Lipinski definition) is 2. The number of rotatable bonds is 8. The summed E-state index contributed by atoms with van der Waals surface area (Å²) < 4.78 is 6.50. The summed E-state index contributed by atoms with van der Waals surface area (Å²) in [5, 5.41) is 5.51. The van der Waals surface area contributed by atoms with Gasteiger partial charge in [-0.15, -0.1) is 0 Å². The van der Waals surface area contributed by atoms with Crippen LogP contribution in [-0.4, -0.2) is 48.9 Å². The van der Waals surface area contributed by atoms with E-state index in [-0.39, 0.29) is 37.3 Å². The minimum atomic E-state index is -0.338. The van der Waals surface area contributed by atoms with Gasteiger partial charge in [-0.1, -0.05) is 28.1 Å². The summed E-state index contributed by atoms with van der Waals surface area (Å²) in [6.45, 7) is 1.62. The van der Waals surface area contributed by atoms with E-state index in [1.165, 1.54) is 6.42 Å². The Hall–Kier alpha value is -2.87. The van der Waals surface area contributed by atoms with Gasteiger partial charge in [0.05, 0.1) is 5.56 Å². The molecule has 1 fully saturated rings. The molecule has 0 aliphatic carbocycles. The van der Waals surface area contributed by atoms with Gasteiger partial charge < -0.3 is 20.3 Å². The number of likely N-dealkylation sites (tertiary alicyclic amines) is 1. The molecule has 8 heteroatoms. The van der Waals surface area contributed by atoms with E-state index in [0.717, 1.165) is 30.4 Å². The molecule has 1 aliphatic heterocycles. The van der Waals surface area contributed by atoms with Gasteiger partial charge in [-0.3, -0.25) is 14.4 Å². The molecule has 0 radical (unpaired) electrons. The summed E-state index contributed by atoms with van der Waals surface area (Å²) in [6, 6.07) is 13.9. The van der Waals surface area contributed by atoms with Crippen LogP contribution in [0.5, 0.6) is 5.75 Å². The number of anilines is 1. The smallest absolute Gasteiger partial charge is 0.262 e. The van der Waals surface area contributed by atoms with E-state index in [9.17, 15) is 14.4 Å². The topological polar surface area (TPSA) is 87.7 Å². The molecule has 1 heterocycles. The van der Waals surface area contributed by atoms with E-state index in [2.05, 4.69) is 26.6 Å². The van der Waals surface area contributed by atoms with Crippen LogP contribution < -0.4 is 15.4 Å². The number of amides is 3. The standard InChI is InChI=1S/C23H26BrN3O4/c24-17-8-10-18(11-9-17)26-21(28)16-31-20-7-3-2-6-19(20)23(30)25-13-12-22(29)27-14-4-1-5-15-27/h2-3,6-11H,1,4-5,12-16H2,(H,25,30)(H,26,28). The molecule has 3 amide bonds. The highest BCUT2D eigenvalue weighted by molar-refractivity contribution is 9.10. The molecule has 0 aromatic heterocycles. The van der Waals surface area contributed by atoms with Gasteiger partial charge in [0.15, 0.2) is 6.61 Å². The van der Waals surface area contributed by atoms with Crippen molar-refractivity contribution in [3.05, 3.63) is 58.6 Å². The summed E-state index contributed by atoms with van der Waals surface area (Å²) in [5.41, 5.74) is 0.977. The first-order valence-corrected chi connectivity index (χ1v) is 11.2. The lowest BCUT2D eigenvalue weighted by Crippen LogP contribution is -2.37. The highest BCUT2D eigenvalue weighted by Gasteiger charge is 2.17. The Labute approximate surface area is 190 Å². The number of benzene rings is 2. The van der Waals surface area contributed by atoms with Crippen molar-refractivity contribution < 1.29 is 19.1 Å². The Morgan fingerprint density at radius 2 is 1.68 bits per heavy atom. The fourth-order valence-electron chi connectivity index (χ4n) is 3.33. The molecule has 7 nitrogen and oxygen atoms in total. The molecule has 1 aliphatic rings. The van der Waals surface area contributed by atoms with Gasteiger partial charge in [0.25, 0.3) is 11.8 Å². The van der Waals surface area contributed by atoms with Gasteiger partial charge in [-0.05, 0) is 55.7 Å². The number of carbonyl (C=O) groups is 3. The van der Waals surface area contributed by atoms with Crippen LogP contribution in [0.3, 0.4) is 0 Å². The monoisotopic (exact) mass is 487 g/mol. The second kappa shape index (κ2) is 11.5. The van der Waals surface area contributed by atoms with Gasteiger partial charge in [0.1, 0.15) is 5.75 Å². The summed E-state index contributed by atoms with van der Waals surface area (Å²) >= 11 is 3.34. The maximum atomic E-state index is 12.6. The number of carbonyl (C=O) groups excluding carboxylic acids is 3. The molecule has 31 heavy (non-hydrogen) atoms. The average Bonchev–Trinajstić information content (AvgIpc) is 2.80. The second-order valence-corrected chi connectivity index (χ2v) is 8.20. The van der Waals surface area contributed by atoms with E-state index >= 15 is 0 Å². The quantitative estimate of drug-likeness (QED) is 0.595. The molecule has 3 rings (SSSR count). The lowest BCUT2D eigenvalue weighted by atomic mass is 10.1. The predicted molar refractivity (Wildman–Crippen MR) is 122 cm³/mol. The van der Waals surface area contributed by atoms with Crippen LogP contribution in [0.25, 0.3) is 0 Å². The molecular weight excluding hydrogens is 462 g/mol. The number of para-hydroxylation sites is 1. The van der Waals surface area contributed by atoms with Crippen LogP contribution in [0.2, 0.25) is 0 Å². The Bertz CT molecular complexity index is 911. The van der Waals surface area contributed by atoms with Crippen LogP contribution in [0.15, 0.2) is 53.0 Å². The van der Waals surface area contributed by atoms with Crippen molar-refractivity contribution in [3.8, 4) is 5.75 Å². The fraction of sp³-hybridized carbons (Fsp3) is 0.348. The highest BCUT2D eigenvalue weighted by Crippen LogP contribution is 2.18. The zero-order chi connectivity index (χ0) is 22.1. The lowest BCUT2D eigenvalue weighted by molar-refractivity contribution is -0.131. The first-order valence-electron chi connectivity index (χ1n) is 10.4. The Kier molecular flexibility index (Phi) is 8.46. The SMILES string of the molecule is O=C(COc1ccccc1C(=O)NCCC(=O)N1CCCCC1)Nc1ccc(Br)cc1. The van der Waals surface area contributed by atoms with Crippen molar-refractivity contribution in [1.29, 1.82) is 0 Å². The number of nitrogens with one attached hydrogen (secondary N) is 2. The predicted octanol–water partition coefficient (Wildman–Crippen LogP) is 3.60. The average molecular weight is 488 g/mol. The van der Waals surface area contributed by atoms with E-state index in [4.69, 9.17) is 4.74 Å². The van der Waals surface area contributed by atoms with Crippen LogP contribution >= 0.6 is 15.9 Å². The summed E-state index contributed by atoms with van der Waals surface area (Å²) in [5.74, 6) is -0.289. The third kappa shape index (κ3) is 7.10. The van der Waals surface area contributed by atoms with Crippen LogP contribution in [0.1, 0.15) is 36.0 Å². The number of nitrogens with zero attached hydrogens (tertiary/aromatic N) is 1. The molecule has 0 atom stereocenters. The van der Waals surface area contributed by atoms with Crippen molar-refractivity contribution in [3.63, 3.8) is 0 Å². The molecule has 164 valence electrons. The first kappa shape index (κ1) is 22.8. The van der Waals surface area contributed by atoms with Gasteiger partial charge in [0.2, 0.25) is 5.91 Å². The summed E-state index contributed by atoms with van der Waals surface area (Å²) in [6.07, 6.45) is 3.51. The minimum absolute atomic E-state index is 0.0640. The minimum Gasteiger partial charge on any atom is -0.483 e. The second-order valence-electron chi connectivity index (χ2n) is 7.29. The fourth-order valence-corrected chi connectivity index (χ4v) is 3.60. The van der Waals surface area contributed by atoms with E-state index in [1.54, 1.807) is 36.4 Å². The van der Waals surface area contributed by atoms with Crippen LogP contribution in [-0.2, 0) is 9.59 Å². The third-order valence-corrected chi connectivity index (χ3v) is 5.48. The zero-order valence-electron chi connectivity index (χ0n) is 17.2. The number of piperidine rings is 1. The Morgan fingerprint density at radius 3 is 2.42 bits per heavy atom. The maximum absolute atomic E-state index is 12.6. The molecule has 0 bridgehead atoms. The van der Waals surface area contributed by atoms with Crippen LogP contribution in [0.4, 0.5) is 5.69 Å². The molecule has 1 saturated heterocycles. The van der Waals surface area contributed by atoms with Crippen LogP contribution in [0, 0.1) is 0 Å². The van der Waals surface area contributed by atoms with Gasteiger partial charge >= 0.3 is 0 Å². The van der Waals surface area contributed by atoms with E-state index < -0.39 is 0 Å². The van der Waals surface area contributed by atoms with Crippen molar-refractivity contribution in [2.24, 2.45) is 0 Å². The molecule has 0 spiro atoms. The normalized spacial score (nSPS) is 13.4. The molecular formula is C23H26BrN3O4. The first-order chi connectivity index (χ1) is 15.0.